The van der Waals surface area contributed by atoms with Gasteiger partial charge >= 0.3 is 0 Å². The molecule has 0 bridgehead atoms. The zero-order chi connectivity index (χ0) is 30.9. The van der Waals surface area contributed by atoms with E-state index in [1.54, 1.807) is 31.4 Å². The summed E-state index contributed by atoms with van der Waals surface area (Å²) in [7, 11) is 0. The van der Waals surface area contributed by atoms with Gasteiger partial charge in [-0.2, -0.15) is 0 Å². The zero-order valence-corrected chi connectivity index (χ0v) is 25.3. The summed E-state index contributed by atoms with van der Waals surface area (Å²) < 4.78 is 0. The van der Waals surface area contributed by atoms with Crippen molar-refractivity contribution < 1.29 is 33.9 Å². The number of nitrogens with one attached hydrogen (secondary N) is 5. The molecule has 1 saturated heterocycles. The fraction of sp³-hybridized carbons (Fsp3) is 0.643. The van der Waals surface area contributed by atoms with E-state index in [1.165, 1.54) is 25.2 Å². The Hall–Kier alpha value is -3.32. The summed E-state index contributed by atoms with van der Waals surface area (Å²) in [5.41, 5.74) is 0. The molecule has 12 nitrogen and oxygen atoms in total. The van der Waals surface area contributed by atoms with Crippen molar-refractivity contribution in [1.82, 2.24) is 26.6 Å². The summed E-state index contributed by atoms with van der Waals surface area (Å²) >= 11 is 1.23. The minimum Gasteiger partial charge on any atom is -0.391 e. The van der Waals surface area contributed by atoms with Gasteiger partial charge in [-0.05, 0) is 49.5 Å². The predicted octanol–water partition coefficient (Wildman–Crippen LogP) is 0.499. The number of Topliss-reactive ketones (excluding diaryl/α,β-unsaturated/α-hetero) is 1. The lowest BCUT2D eigenvalue weighted by Crippen LogP contribution is -2.61. The molecule has 1 aliphatic heterocycles. The Balaban J connectivity index is 2.23. The van der Waals surface area contributed by atoms with Crippen molar-refractivity contribution in [3.8, 4) is 0 Å². The Bertz CT molecular complexity index is 1090. The summed E-state index contributed by atoms with van der Waals surface area (Å²) in [6.45, 7) is 10.3. The SMILES string of the molecule is CC(=O)N[C@H](C(=O)N[C@H](C(=O)N[C@@H](CC(C)C)C(=O)N[C@@H](C[C@@H]1CCNC1=O)C(=O)c1cccs1)[C@@H](C)O)C(C)C. The summed E-state index contributed by atoms with van der Waals surface area (Å²) in [5, 5.41) is 25.2. The Kier molecular flexibility index (Phi) is 12.9. The van der Waals surface area contributed by atoms with Gasteiger partial charge < -0.3 is 31.7 Å². The van der Waals surface area contributed by atoms with Crippen LogP contribution in [0.1, 0.15) is 70.5 Å². The molecule has 1 fully saturated rings. The molecule has 0 radical (unpaired) electrons. The average Bonchev–Trinajstić information content (AvgIpc) is 3.55. The third-order valence-electron chi connectivity index (χ3n) is 6.79. The molecule has 6 atom stereocenters. The Morgan fingerprint density at radius 1 is 0.951 bits per heavy atom. The van der Waals surface area contributed by atoms with Gasteiger partial charge in [0.05, 0.1) is 17.0 Å². The van der Waals surface area contributed by atoms with E-state index < -0.39 is 59.8 Å². The lowest BCUT2D eigenvalue weighted by Gasteiger charge is -2.29. The quantitative estimate of drug-likeness (QED) is 0.160. The first-order valence-electron chi connectivity index (χ1n) is 13.9. The van der Waals surface area contributed by atoms with Gasteiger partial charge in [-0.3, -0.25) is 28.8 Å². The molecule has 0 unspecified atom stereocenters. The molecule has 2 rings (SSSR count). The molecule has 1 aromatic rings. The molecule has 0 saturated carbocycles. The standard InChI is InChI=1S/C28H43N5O7S/c1-14(2)12-20(32-28(40)23(16(5)34)33-27(39)22(15(3)4)30-17(6)35)26(38)31-19(13-18-9-10-29-25(18)37)24(36)21-8-7-11-41-21/h7-8,11,14-16,18-20,22-23,34H,9-10,12-13H2,1-6H3,(H,29,37)(H,30,35)(H,31,38)(H,32,40)(H,33,39)/t16-,18+,19+,20+,22+,23+/m1/s1. The van der Waals surface area contributed by atoms with E-state index >= 15 is 0 Å². The van der Waals surface area contributed by atoms with Gasteiger partial charge in [0, 0.05) is 19.4 Å². The fourth-order valence-corrected chi connectivity index (χ4v) is 5.33. The molecule has 13 heteroatoms. The van der Waals surface area contributed by atoms with E-state index in [9.17, 15) is 33.9 Å². The van der Waals surface area contributed by atoms with Crippen LogP contribution in [-0.2, 0) is 24.0 Å². The maximum absolute atomic E-state index is 13.5. The van der Waals surface area contributed by atoms with Gasteiger partial charge in [0.25, 0.3) is 0 Å². The van der Waals surface area contributed by atoms with Crippen molar-refractivity contribution in [2.75, 3.05) is 6.54 Å². The number of hydrogen-bond donors (Lipinski definition) is 6. The molecule has 1 aromatic heterocycles. The zero-order valence-electron chi connectivity index (χ0n) is 24.5. The van der Waals surface area contributed by atoms with E-state index in [4.69, 9.17) is 0 Å². The number of thiophene rings is 1. The summed E-state index contributed by atoms with van der Waals surface area (Å²) in [5.74, 6) is -3.76. The van der Waals surface area contributed by atoms with E-state index in [2.05, 4.69) is 26.6 Å². The summed E-state index contributed by atoms with van der Waals surface area (Å²) in [6.07, 6.45) is -0.452. The van der Waals surface area contributed by atoms with Crippen LogP contribution >= 0.6 is 11.3 Å². The third-order valence-corrected chi connectivity index (χ3v) is 7.68. The minimum absolute atomic E-state index is 0.0391. The third kappa shape index (κ3) is 10.2. The fourth-order valence-electron chi connectivity index (χ4n) is 4.62. The van der Waals surface area contributed by atoms with E-state index in [-0.39, 0.29) is 36.4 Å². The highest BCUT2D eigenvalue weighted by atomic mass is 32.1. The largest absolute Gasteiger partial charge is 0.391 e. The van der Waals surface area contributed by atoms with Gasteiger partial charge in [0.15, 0.2) is 5.78 Å². The Labute approximate surface area is 244 Å². The second-order valence-corrected chi connectivity index (χ2v) is 12.2. The number of rotatable bonds is 15. The molecular weight excluding hydrogens is 550 g/mol. The summed E-state index contributed by atoms with van der Waals surface area (Å²) in [4.78, 5) is 77.2. The smallest absolute Gasteiger partial charge is 0.245 e. The number of ketones is 1. The van der Waals surface area contributed by atoms with Crippen LogP contribution < -0.4 is 26.6 Å². The molecule has 6 N–H and O–H groups in total. The number of hydrogen-bond acceptors (Lipinski definition) is 8. The van der Waals surface area contributed by atoms with Crippen molar-refractivity contribution in [3.63, 3.8) is 0 Å². The van der Waals surface area contributed by atoms with Gasteiger partial charge in [-0.1, -0.05) is 33.8 Å². The normalized spacial score (nSPS) is 18.6. The second kappa shape index (κ2) is 15.6. The van der Waals surface area contributed by atoms with Crippen molar-refractivity contribution in [2.45, 2.75) is 91.1 Å². The Morgan fingerprint density at radius 3 is 2.07 bits per heavy atom. The maximum Gasteiger partial charge on any atom is 0.245 e. The molecule has 0 aliphatic carbocycles. The molecule has 41 heavy (non-hydrogen) atoms. The molecule has 1 aliphatic rings. The first-order chi connectivity index (χ1) is 19.2. The number of amides is 5. The average molecular weight is 594 g/mol. The highest BCUT2D eigenvalue weighted by Gasteiger charge is 2.36. The van der Waals surface area contributed by atoms with Crippen LogP contribution in [0.5, 0.6) is 0 Å². The van der Waals surface area contributed by atoms with Crippen molar-refractivity contribution in [2.24, 2.45) is 17.8 Å². The van der Waals surface area contributed by atoms with E-state index in [0.717, 1.165) is 0 Å². The van der Waals surface area contributed by atoms with Gasteiger partial charge in [0.1, 0.15) is 18.1 Å². The first kappa shape index (κ1) is 33.9. The second-order valence-electron chi connectivity index (χ2n) is 11.3. The first-order valence-corrected chi connectivity index (χ1v) is 14.8. The van der Waals surface area contributed by atoms with E-state index in [0.29, 0.717) is 17.8 Å². The maximum atomic E-state index is 13.5. The van der Waals surface area contributed by atoms with Crippen molar-refractivity contribution in [3.05, 3.63) is 22.4 Å². The molecule has 2 heterocycles. The molecule has 228 valence electrons. The highest BCUT2D eigenvalue weighted by Crippen LogP contribution is 2.21. The number of carbonyl (C=O) groups is 6. The van der Waals surface area contributed by atoms with Crippen LogP contribution in [0.25, 0.3) is 0 Å². The van der Waals surface area contributed by atoms with Crippen molar-refractivity contribution >= 4 is 46.7 Å². The van der Waals surface area contributed by atoms with E-state index in [1.807, 2.05) is 13.8 Å². The Morgan fingerprint density at radius 2 is 1.59 bits per heavy atom. The lowest BCUT2D eigenvalue weighted by atomic mass is 9.94. The minimum atomic E-state index is -1.41. The molecular formula is C28H43N5O7S. The number of carbonyl (C=O) groups excluding carboxylic acids is 6. The predicted molar refractivity (Wildman–Crippen MR) is 154 cm³/mol. The van der Waals surface area contributed by atoms with Gasteiger partial charge in [-0.25, -0.2) is 0 Å². The van der Waals surface area contributed by atoms with Crippen LogP contribution in [0.3, 0.4) is 0 Å². The van der Waals surface area contributed by atoms with Crippen LogP contribution in [-0.4, -0.2) is 77.2 Å². The lowest BCUT2D eigenvalue weighted by molar-refractivity contribution is -0.136. The summed E-state index contributed by atoms with van der Waals surface area (Å²) in [6, 6.07) is -1.05. The number of aliphatic hydroxyl groups is 1. The van der Waals surface area contributed by atoms with Crippen molar-refractivity contribution in [1.29, 1.82) is 0 Å². The van der Waals surface area contributed by atoms with Crippen LogP contribution in [0.15, 0.2) is 17.5 Å². The van der Waals surface area contributed by atoms with Gasteiger partial charge in [0.2, 0.25) is 29.5 Å². The molecule has 0 aromatic carbocycles. The van der Waals surface area contributed by atoms with Crippen LogP contribution in [0.2, 0.25) is 0 Å². The highest BCUT2D eigenvalue weighted by molar-refractivity contribution is 7.12. The van der Waals surface area contributed by atoms with Crippen LogP contribution in [0.4, 0.5) is 0 Å². The van der Waals surface area contributed by atoms with Crippen LogP contribution in [0, 0.1) is 17.8 Å². The monoisotopic (exact) mass is 593 g/mol. The molecule has 5 amide bonds. The van der Waals surface area contributed by atoms with Gasteiger partial charge in [-0.15, -0.1) is 11.3 Å². The number of aliphatic hydroxyl groups excluding tert-OH is 1. The molecule has 0 spiro atoms. The topological polar surface area (TPSA) is 183 Å².